The van der Waals surface area contributed by atoms with Crippen LogP contribution in [0.2, 0.25) is 0 Å². The Bertz CT molecular complexity index is 303. The molecule has 0 aliphatic carbocycles. The highest BCUT2D eigenvalue weighted by molar-refractivity contribution is 7.13. The fourth-order valence-corrected chi connectivity index (χ4v) is 1.72. The third-order valence-electron chi connectivity index (χ3n) is 1.70. The molecule has 0 saturated carbocycles. The van der Waals surface area contributed by atoms with Gasteiger partial charge in [-0.3, -0.25) is 4.79 Å². The molecule has 1 aromatic heterocycles. The summed E-state index contributed by atoms with van der Waals surface area (Å²) in [5.74, 6) is 0.0367. The van der Waals surface area contributed by atoms with E-state index in [1.54, 1.807) is 0 Å². The molecular weight excluding hydrogens is 234 g/mol. The molecule has 6 heteroatoms. The molecule has 0 aliphatic rings. The number of aromatic nitrogens is 1. The van der Waals surface area contributed by atoms with Crippen molar-refractivity contribution < 1.29 is 4.79 Å². The second-order valence-electron chi connectivity index (χ2n) is 3.05. The molecular formula is C9H16ClN3OS. The maximum atomic E-state index is 11.3. The molecule has 0 saturated heterocycles. The van der Waals surface area contributed by atoms with Crippen LogP contribution in [0.3, 0.4) is 0 Å². The van der Waals surface area contributed by atoms with Crippen molar-refractivity contribution in [2.75, 3.05) is 18.9 Å². The number of carbonyl (C=O) groups excluding carboxylic acids is 1. The van der Waals surface area contributed by atoms with Gasteiger partial charge in [0.25, 0.3) is 0 Å². The van der Waals surface area contributed by atoms with Crippen LogP contribution < -0.4 is 10.6 Å². The normalized spacial score (nSPS) is 9.47. The Hall–Kier alpha value is -0.650. The molecule has 0 fully saturated rings. The lowest BCUT2D eigenvalue weighted by Crippen LogP contribution is -2.15. The van der Waals surface area contributed by atoms with Gasteiger partial charge in [-0.2, -0.15) is 0 Å². The first-order chi connectivity index (χ1) is 6.72. The first-order valence-corrected chi connectivity index (χ1v) is 5.47. The van der Waals surface area contributed by atoms with Gasteiger partial charge in [-0.15, -0.1) is 23.7 Å². The summed E-state index contributed by atoms with van der Waals surface area (Å²) < 4.78 is 0. The molecule has 1 amide bonds. The number of aryl methyl sites for hydroxylation is 1. The zero-order valence-corrected chi connectivity index (χ0v) is 10.5. The fourth-order valence-electron chi connectivity index (χ4n) is 1.02. The van der Waals surface area contributed by atoms with Crippen molar-refractivity contribution >= 4 is 34.8 Å². The molecule has 0 unspecified atom stereocenters. The van der Waals surface area contributed by atoms with Gasteiger partial charge in [0, 0.05) is 11.8 Å². The van der Waals surface area contributed by atoms with Gasteiger partial charge in [0.15, 0.2) is 5.13 Å². The van der Waals surface area contributed by atoms with Crippen LogP contribution in [0.5, 0.6) is 0 Å². The highest BCUT2D eigenvalue weighted by Crippen LogP contribution is 2.14. The van der Waals surface area contributed by atoms with E-state index >= 15 is 0 Å². The fraction of sp³-hybridized carbons (Fsp3) is 0.556. The summed E-state index contributed by atoms with van der Waals surface area (Å²) >= 11 is 1.46. The number of thiazole rings is 1. The van der Waals surface area contributed by atoms with Gasteiger partial charge < -0.3 is 10.6 Å². The molecule has 1 aromatic rings. The monoisotopic (exact) mass is 249 g/mol. The van der Waals surface area contributed by atoms with Gasteiger partial charge >= 0.3 is 0 Å². The summed E-state index contributed by atoms with van der Waals surface area (Å²) in [6.07, 6.45) is 1.39. The molecule has 4 nitrogen and oxygen atoms in total. The molecule has 1 rings (SSSR count). The van der Waals surface area contributed by atoms with Gasteiger partial charge in [0.1, 0.15) is 0 Å². The second kappa shape index (κ2) is 7.62. The molecule has 0 radical (unpaired) electrons. The van der Waals surface area contributed by atoms with E-state index in [1.807, 2.05) is 19.4 Å². The Labute approximate surface area is 99.9 Å². The minimum Gasteiger partial charge on any atom is -0.320 e. The summed E-state index contributed by atoms with van der Waals surface area (Å²) in [5.41, 5.74) is 0.945. The maximum Gasteiger partial charge on any atom is 0.226 e. The van der Waals surface area contributed by atoms with Crippen molar-refractivity contribution in [2.45, 2.75) is 19.8 Å². The zero-order valence-electron chi connectivity index (χ0n) is 8.87. The molecule has 0 spiro atoms. The van der Waals surface area contributed by atoms with Crippen molar-refractivity contribution in [3.05, 3.63) is 11.1 Å². The van der Waals surface area contributed by atoms with Crippen LogP contribution in [-0.4, -0.2) is 24.5 Å². The van der Waals surface area contributed by atoms with E-state index in [0.29, 0.717) is 11.6 Å². The van der Waals surface area contributed by atoms with Gasteiger partial charge in [-0.25, -0.2) is 4.98 Å². The Morgan fingerprint density at radius 1 is 1.60 bits per heavy atom. The SMILES string of the molecule is CNCCCC(=O)Nc1nc(C)cs1.Cl. The number of carbonyl (C=O) groups is 1. The largest absolute Gasteiger partial charge is 0.320 e. The third kappa shape index (κ3) is 5.71. The Balaban J connectivity index is 0.00000196. The summed E-state index contributed by atoms with van der Waals surface area (Å²) in [6, 6.07) is 0. The van der Waals surface area contributed by atoms with Gasteiger partial charge in [-0.05, 0) is 26.9 Å². The third-order valence-corrected chi connectivity index (χ3v) is 2.57. The lowest BCUT2D eigenvalue weighted by atomic mass is 10.3. The number of hydrogen-bond donors (Lipinski definition) is 2. The van der Waals surface area contributed by atoms with Crippen molar-refractivity contribution in [2.24, 2.45) is 0 Å². The van der Waals surface area contributed by atoms with E-state index in [9.17, 15) is 4.79 Å². The number of hydrogen-bond acceptors (Lipinski definition) is 4. The zero-order chi connectivity index (χ0) is 10.4. The van der Waals surface area contributed by atoms with Crippen molar-refractivity contribution in [3.63, 3.8) is 0 Å². The van der Waals surface area contributed by atoms with Crippen LogP contribution in [0.15, 0.2) is 5.38 Å². The van der Waals surface area contributed by atoms with Crippen LogP contribution >= 0.6 is 23.7 Å². The molecule has 15 heavy (non-hydrogen) atoms. The topological polar surface area (TPSA) is 54.0 Å². The van der Waals surface area contributed by atoms with Crippen LogP contribution in [0.1, 0.15) is 18.5 Å². The van der Waals surface area contributed by atoms with Crippen molar-refractivity contribution in [3.8, 4) is 0 Å². The predicted molar refractivity (Wildman–Crippen MR) is 65.9 cm³/mol. The smallest absolute Gasteiger partial charge is 0.226 e. The van der Waals surface area contributed by atoms with E-state index in [4.69, 9.17) is 0 Å². The molecule has 1 heterocycles. The Morgan fingerprint density at radius 2 is 2.33 bits per heavy atom. The highest BCUT2D eigenvalue weighted by atomic mass is 35.5. The lowest BCUT2D eigenvalue weighted by Gasteiger charge is -2.00. The van der Waals surface area contributed by atoms with Crippen molar-refractivity contribution in [1.82, 2.24) is 10.3 Å². The summed E-state index contributed by atoms with van der Waals surface area (Å²) in [6.45, 7) is 2.78. The number of halogens is 1. The van der Waals surface area contributed by atoms with E-state index in [1.165, 1.54) is 11.3 Å². The number of nitrogens with one attached hydrogen (secondary N) is 2. The minimum absolute atomic E-state index is 0. The first kappa shape index (κ1) is 14.3. The Morgan fingerprint density at radius 3 is 2.87 bits per heavy atom. The molecule has 2 N–H and O–H groups in total. The van der Waals surface area contributed by atoms with E-state index in [-0.39, 0.29) is 18.3 Å². The maximum absolute atomic E-state index is 11.3. The number of amides is 1. The highest BCUT2D eigenvalue weighted by Gasteiger charge is 2.04. The van der Waals surface area contributed by atoms with Crippen LogP contribution in [0.25, 0.3) is 0 Å². The van der Waals surface area contributed by atoms with Gasteiger partial charge in [0.05, 0.1) is 5.69 Å². The number of rotatable bonds is 5. The van der Waals surface area contributed by atoms with E-state index in [0.717, 1.165) is 18.7 Å². The van der Waals surface area contributed by atoms with E-state index < -0.39 is 0 Å². The van der Waals surface area contributed by atoms with E-state index in [2.05, 4.69) is 15.6 Å². The lowest BCUT2D eigenvalue weighted by molar-refractivity contribution is -0.116. The van der Waals surface area contributed by atoms with Crippen LogP contribution in [0, 0.1) is 6.92 Å². The summed E-state index contributed by atoms with van der Waals surface area (Å²) in [4.78, 5) is 15.5. The van der Waals surface area contributed by atoms with Gasteiger partial charge in [-0.1, -0.05) is 0 Å². The number of anilines is 1. The molecule has 86 valence electrons. The quantitative estimate of drug-likeness (QED) is 0.783. The summed E-state index contributed by atoms with van der Waals surface area (Å²) in [7, 11) is 1.88. The summed E-state index contributed by atoms with van der Waals surface area (Å²) in [5, 5.41) is 8.37. The second-order valence-corrected chi connectivity index (χ2v) is 3.91. The van der Waals surface area contributed by atoms with Crippen LogP contribution in [-0.2, 0) is 4.79 Å². The Kier molecular flexibility index (Phi) is 7.29. The van der Waals surface area contributed by atoms with Gasteiger partial charge in [0.2, 0.25) is 5.91 Å². The average Bonchev–Trinajstić information content (AvgIpc) is 2.52. The standard InChI is InChI=1S/C9H15N3OS.ClH/c1-7-6-14-9(11-7)12-8(13)4-3-5-10-2;/h6,10H,3-5H2,1-2H3,(H,11,12,13);1H. The van der Waals surface area contributed by atoms with Crippen molar-refractivity contribution in [1.29, 1.82) is 0 Å². The first-order valence-electron chi connectivity index (χ1n) is 4.59. The minimum atomic E-state index is 0. The molecule has 0 atom stereocenters. The molecule has 0 aliphatic heterocycles. The molecule has 0 bridgehead atoms. The average molecular weight is 250 g/mol. The molecule has 0 aromatic carbocycles. The number of nitrogens with zero attached hydrogens (tertiary/aromatic N) is 1. The van der Waals surface area contributed by atoms with Crippen LogP contribution in [0.4, 0.5) is 5.13 Å². The predicted octanol–water partition coefficient (Wildman–Crippen LogP) is 1.81.